The van der Waals surface area contributed by atoms with Crippen LogP contribution >= 0.6 is 0 Å². The number of aliphatic hydroxyl groups excluding tert-OH is 3. The average molecular weight is 1140 g/mol. The van der Waals surface area contributed by atoms with E-state index in [0.717, 1.165) is 47.7 Å². The molecular formula is C61H102FN7O12. The SMILES string of the molecule is CC[C@H]1OC(=O)[C@H](C)C([C@H]2C[C@@](C)(OC)[C@@H](O)[C@H](C)O2)[C@H](C)[C@@H](O[C@H]2C[C@@H](N(C)CCC3=CN([C@H](CF)[C@H](OC)c4ccc(-c5ccc(OCCCN(C)C)cn5)cc4)N(C)N3)C[C@@H](C)O2)[C@H](O)C[C@@H](C)CN(C)[C@H](C)[C@@H](O)[C@]1(C)O. The van der Waals surface area contributed by atoms with E-state index in [9.17, 15) is 25.2 Å². The van der Waals surface area contributed by atoms with Gasteiger partial charge in [0, 0.05) is 95.6 Å². The topological polar surface area (TPSA) is 204 Å². The third kappa shape index (κ3) is 16.4. The highest BCUT2D eigenvalue weighted by molar-refractivity contribution is 5.73. The van der Waals surface area contributed by atoms with Gasteiger partial charge in [0.25, 0.3) is 0 Å². The highest BCUT2D eigenvalue weighted by Gasteiger charge is 2.53. The zero-order chi connectivity index (χ0) is 59.7. The average Bonchev–Trinajstić information content (AvgIpc) is 3.94. The molecule has 19 atom stereocenters. The number of cyclic esters (lactones) is 1. The summed E-state index contributed by atoms with van der Waals surface area (Å²) in [6, 6.07) is 10.6. The molecule has 460 valence electrons. The fraction of sp³-hybridized carbons (Fsp3) is 0.770. The van der Waals surface area contributed by atoms with Crippen molar-refractivity contribution in [2.75, 3.05) is 82.4 Å². The van der Waals surface area contributed by atoms with Gasteiger partial charge in [-0.25, -0.2) is 4.39 Å². The fourth-order valence-electron chi connectivity index (χ4n) is 13.0. The molecule has 81 heavy (non-hydrogen) atoms. The second-order valence-corrected chi connectivity index (χ2v) is 24.8. The maximum Gasteiger partial charge on any atom is 0.309 e. The van der Waals surface area contributed by atoms with Crippen LogP contribution in [0, 0.1) is 23.7 Å². The number of hydrazine groups is 2. The zero-order valence-electron chi connectivity index (χ0n) is 51.5. The van der Waals surface area contributed by atoms with Gasteiger partial charge in [0.15, 0.2) is 6.29 Å². The first kappa shape index (κ1) is 66.5. The molecule has 0 amide bonds. The maximum atomic E-state index is 15.3. The van der Waals surface area contributed by atoms with Gasteiger partial charge in [-0.15, -0.1) is 5.12 Å². The molecule has 1 unspecified atom stereocenters. The van der Waals surface area contributed by atoms with Crippen LogP contribution < -0.4 is 10.2 Å². The van der Waals surface area contributed by atoms with Gasteiger partial charge in [0.1, 0.15) is 48.5 Å². The predicted molar refractivity (Wildman–Crippen MR) is 309 cm³/mol. The monoisotopic (exact) mass is 1140 g/mol. The van der Waals surface area contributed by atoms with Gasteiger partial charge in [-0.1, -0.05) is 52.0 Å². The first-order valence-electron chi connectivity index (χ1n) is 29.6. The lowest BCUT2D eigenvalue weighted by atomic mass is 9.70. The molecule has 0 aliphatic carbocycles. The molecule has 4 aliphatic rings. The Morgan fingerprint density at radius 1 is 0.938 bits per heavy atom. The van der Waals surface area contributed by atoms with E-state index < -0.39 is 109 Å². The number of halogens is 1. The molecule has 1 aromatic heterocycles. The molecule has 2 aromatic rings. The van der Waals surface area contributed by atoms with E-state index in [2.05, 4.69) is 27.3 Å². The van der Waals surface area contributed by atoms with E-state index in [1.807, 2.05) is 122 Å². The quantitative estimate of drug-likeness (QED) is 0.0740. The number of aromatic nitrogens is 1. The summed E-state index contributed by atoms with van der Waals surface area (Å²) in [5.74, 6) is -2.02. The molecule has 4 aliphatic heterocycles. The summed E-state index contributed by atoms with van der Waals surface area (Å²) in [5.41, 5.74) is 4.10. The summed E-state index contributed by atoms with van der Waals surface area (Å²) in [7, 11) is 13.1. The number of carbonyl (C=O) groups excluding carboxylic acids is 1. The van der Waals surface area contributed by atoms with E-state index in [1.165, 1.54) is 6.92 Å². The molecular weight excluding hydrogens is 1040 g/mol. The molecule has 3 saturated heterocycles. The van der Waals surface area contributed by atoms with E-state index in [1.54, 1.807) is 39.4 Å². The van der Waals surface area contributed by atoms with Gasteiger partial charge in [0.2, 0.25) is 0 Å². The van der Waals surface area contributed by atoms with Crippen molar-refractivity contribution in [1.29, 1.82) is 0 Å². The number of likely N-dealkylation sites (N-methyl/N-ethyl adjacent to an activating group) is 1. The number of alkyl halides is 1. The lowest BCUT2D eigenvalue weighted by Crippen LogP contribution is -2.60. The Balaban J connectivity index is 1.18. The number of rotatable bonds is 20. The first-order chi connectivity index (χ1) is 38.3. The molecule has 0 radical (unpaired) electrons. The second-order valence-electron chi connectivity index (χ2n) is 24.8. The predicted octanol–water partition coefficient (Wildman–Crippen LogP) is 6.20. The van der Waals surface area contributed by atoms with Crippen molar-refractivity contribution in [3.05, 3.63) is 60.1 Å². The molecule has 20 heteroatoms. The number of esters is 1. The molecule has 1 aromatic carbocycles. The van der Waals surface area contributed by atoms with Crippen LogP contribution in [0.3, 0.4) is 0 Å². The minimum atomic E-state index is -1.79. The van der Waals surface area contributed by atoms with E-state index in [4.69, 9.17) is 33.2 Å². The Morgan fingerprint density at radius 3 is 2.26 bits per heavy atom. The Labute approximate surface area is 483 Å². The lowest BCUT2D eigenvalue weighted by Gasteiger charge is -2.50. The number of aliphatic hydroxyl groups is 4. The standard InChI is InChI=1S/C61H102FN7O12/c1-17-52-61(9,74)57(71)41(6)67(13)35-37(2)29-50(70)55(39(4)54(40(5)59(73)80-52)51-32-60(8,76-16)58(72)42(7)79-51)81-53-31-46(30-38(3)78-53)66(12)27-25-45-36-69(68(14)64-45)49(33-62)56(75-15)44-21-19-43(20-22-44)48-24-23-47(34-63-48)77-28-18-26-65(10)11/h19-24,34,36-42,46,49-58,64,70-72,74H,17-18,25-33,35H2,1-16H3/t37-,38-,39+,40-,41-,42+,46+,49-,50-,51-,52-,53+,54?,55-,56-,57-,58+,60-,61-/m1/s1. The molecule has 5 heterocycles. The van der Waals surface area contributed by atoms with E-state index in [0.29, 0.717) is 39.0 Å². The Hall–Kier alpha value is -3.61. The van der Waals surface area contributed by atoms with Crippen molar-refractivity contribution in [3.8, 4) is 17.0 Å². The maximum absolute atomic E-state index is 15.3. The van der Waals surface area contributed by atoms with Crippen LogP contribution in [0.4, 0.5) is 4.39 Å². The number of methoxy groups -OCH3 is 2. The molecule has 0 bridgehead atoms. The van der Waals surface area contributed by atoms with Crippen molar-refractivity contribution in [2.24, 2.45) is 23.7 Å². The van der Waals surface area contributed by atoms with Gasteiger partial charge in [-0.3, -0.25) is 14.8 Å². The number of nitrogens with zero attached hydrogens (tertiary/aromatic N) is 6. The van der Waals surface area contributed by atoms with Gasteiger partial charge < -0.3 is 73.7 Å². The third-order valence-electron chi connectivity index (χ3n) is 18.1. The second kappa shape index (κ2) is 29.5. The molecule has 3 fully saturated rings. The minimum Gasteiger partial charge on any atom is -0.492 e. The van der Waals surface area contributed by atoms with Gasteiger partial charge in [0.05, 0.1) is 60.5 Å². The van der Waals surface area contributed by atoms with Crippen LogP contribution in [-0.4, -0.2) is 223 Å². The lowest BCUT2D eigenvalue weighted by molar-refractivity contribution is -0.263. The normalized spacial score (nSPS) is 36.1. The van der Waals surface area contributed by atoms with Gasteiger partial charge in [-0.2, -0.15) is 0 Å². The van der Waals surface area contributed by atoms with Crippen molar-refractivity contribution in [1.82, 2.24) is 35.2 Å². The van der Waals surface area contributed by atoms with Crippen LogP contribution in [-0.2, 0) is 33.2 Å². The van der Waals surface area contributed by atoms with Crippen molar-refractivity contribution >= 4 is 5.97 Å². The summed E-state index contributed by atoms with van der Waals surface area (Å²) in [6.45, 7) is 18.6. The minimum absolute atomic E-state index is 0.0265. The molecule has 5 N–H and O–H groups in total. The third-order valence-corrected chi connectivity index (χ3v) is 18.1. The number of nitrogens with one attached hydrogen (secondary N) is 1. The van der Waals surface area contributed by atoms with Crippen LogP contribution in [0.5, 0.6) is 5.75 Å². The summed E-state index contributed by atoms with van der Waals surface area (Å²) in [4.78, 5) is 25.7. The number of carbonyl (C=O) groups is 1. The summed E-state index contributed by atoms with van der Waals surface area (Å²) >= 11 is 0. The summed E-state index contributed by atoms with van der Waals surface area (Å²) in [6.07, 6.45) is -0.711. The fourth-order valence-corrected chi connectivity index (χ4v) is 13.0. The van der Waals surface area contributed by atoms with Crippen LogP contribution in [0.15, 0.2) is 54.5 Å². The number of hydrogen-bond donors (Lipinski definition) is 5. The van der Waals surface area contributed by atoms with Crippen LogP contribution in [0.2, 0.25) is 0 Å². The van der Waals surface area contributed by atoms with E-state index >= 15 is 4.39 Å². The number of benzene rings is 1. The Morgan fingerprint density at radius 2 is 1.64 bits per heavy atom. The zero-order valence-corrected chi connectivity index (χ0v) is 51.5. The molecule has 6 rings (SSSR count). The summed E-state index contributed by atoms with van der Waals surface area (Å²) < 4.78 is 59.7. The first-order valence-corrected chi connectivity index (χ1v) is 29.6. The van der Waals surface area contributed by atoms with Gasteiger partial charge in [-0.05, 0) is 118 Å². The largest absolute Gasteiger partial charge is 0.492 e. The number of ether oxygens (including phenoxy) is 7. The summed E-state index contributed by atoms with van der Waals surface area (Å²) in [5, 5.41) is 51.2. The molecule has 0 saturated carbocycles. The number of hydrogen-bond acceptors (Lipinski definition) is 19. The van der Waals surface area contributed by atoms with Gasteiger partial charge >= 0.3 is 5.97 Å². The van der Waals surface area contributed by atoms with Crippen molar-refractivity contribution in [2.45, 2.75) is 198 Å². The van der Waals surface area contributed by atoms with E-state index in [-0.39, 0.29) is 30.9 Å². The Bertz CT molecular complexity index is 2270. The molecule has 19 nitrogen and oxygen atoms in total. The smallest absolute Gasteiger partial charge is 0.309 e. The van der Waals surface area contributed by atoms with Crippen LogP contribution in [0.1, 0.15) is 119 Å². The number of pyridine rings is 1. The highest BCUT2D eigenvalue weighted by atomic mass is 19.1. The molecule has 0 spiro atoms. The Kier molecular flexibility index (Phi) is 24.2. The van der Waals surface area contributed by atoms with Crippen LogP contribution in [0.25, 0.3) is 11.3 Å². The van der Waals surface area contributed by atoms with Crippen molar-refractivity contribution in [3.63, 3.8) is 0 Å². The highest BCUT2D eigenvalue weighted by Crippen LogP contribution is 2.44. The van der Waals surface area contributed by atoms with Crippen molar-refractivity contribution < 1.29 is 62.8 Å².